The van der Waals surface area contributed by atoms with Crippen LogP contribution in [0.2, 0.25) is 0 Å². The molecule has 1 fully saturated rings. The summed E-state index contributed by atoms with van der Waals surface area (Å²) in [7, 11) is 0. The lowest BCUT2D eigenvalue weighted by Gasteiger charge is -2.42. The second-order valence-corrected chi connectivity index (χ2v) is 8.57. The summed E-state index contributed by atoms with van der Waals surface area (Å²) in [6.45, 7) is 3.87. The molecule has 1 aliphatic heterocycles. The lowest BCUT2D eigenvalue weighted by molar-refractivity contribution is -0.295. The van der Waals surface area contributed by atoms with E-state index in [4.69, 9.17) is 18.9 Å². The molecule has 1 saturated heterocycles. The topological polar surface area (TPSA) is 71.1 Å². The lowest BCUT2D eigenvalue weighted by Crippen LogP contribution is -2.61. The maximum Gasteiger partial charge on any atom is 0.402 e. The van der Waals surface area contributed by atoms with Crippen molar-refractivity contribution in [3.05, 3.63) is 131 Å². The molecule has 0 amide bonds. The third kappa shape index (κ3) is 4.18. The molecular weight excluding hydrogens is 456 g/mol. The predicted octanol–water partition coefficient (Wildman–Crippen LogP) is 5.57. The van der Waals surface area contributed by atoms with E-state index in [-0.39, 0.29) is 0 Å². The number of cyclic esters (lactones) is 2. The van der Waals surface area contributed by atoms with E-state index in [9.17, 15) is 9.59 Å². The Morgan fingerprint density at radius 2 is 0.833 bits per heavy atom. The highest BCUT2D eigenvalue weighted by Crippen LogP contribution is 2.43. The molecule has 36 heavy (non-hydrogen) atoms. The van der Waals surface area contributed by atoms with Crippen LogP contribution in [0.15, 0.2) is 109 Å². The van der Waals surface area contributed by atoms with Crippen LogP contribution in [0.4, 0.5) is 0 Å². The second-order valence-electron chi connectivity index (χ2n) is 8.57. The van der Waals surface area contributed by atoms with Gasteiger partial charge in [0.25, 0.3) is 0 Å². The minimum atomic E-state index is -2.16. The zero-order chi connectivity index (χ0) is 25.2. The highest BCUT2D eigenvalue weighted by Gasteiger charge is 2.64. The number of ether oxygens (including phenoxy) is 4. The van der Waals surface area contributed by atoms with Gasteiger partial charge in [0, 0.05) is 11.1 Å². The number of carbonyl (C=O) groups is 2. The molecular formula is C30H24O6. The molecule has 6 nitrogen and oxygen atoms in total. The van der Waals surface area contributed by atoms with Crippen LogP contribution in [-0.2, 0) is 30.6 Å². The number of hydrogen-bond acceptors (Lipinski definition) is 6. The first-order valence-corrected chi connectivity index (χ1v) is 11.5. The Bertz CT molecular complexity index is 1260. The van der Waals surface area contributed by atoms with Crippen LogP contribution < -0.4 is 9.47 Å². The fraction of sp³-hybridized carbons (Fsp3) is 0.133. The van der Waals surface area contributed by atoms with Crippen LogP contribution in [0, 0.1) is 13.8 Å². The van der Waals surface area contributed by atoms with Gasteiger partial charge in [-0.1, -0.05) is 96.1 Å². The average Bonchev–Trinajstić information content (AvgIpc) is 2.90. The van der Waals surface area contributed by atoms with Gasteiger partial charge in [0.2, 0.25) is 0 Å². The fourth-order valence-corrected chi connectivity index (χ4v) is 3.93. The lowest BCUT2D eigenvalue weighted by atomic mass is 10.00. The molecule has 0 radical (unpaired) electrons. The molecule has 0 spiro atoms. The molecule has 5 rings (SSSR count). The molecule has 0 aliphatic carbocycles. The monoisotopic (exact) mass is 480 g/mol. The van der Waals surface area contributed by atoms with E-state index < -0.39 is 23.5 Å². The van der Waals surface area contributed by atoms with Crippen molar-refractivity contribution in [2.45, 2.75) is 25.4 Å². The van der Waals surface area contributed by atoms with Gasteiger partial charge in [0.15, 0.2) is 0 Å². The van der Waals surface area contributed by atoms with E-state index in [0.29, 0.717) is 22.6 Å². The quantitative estimate of drug-likeness (QED) is 0.336. The van der Waals surface area contributed by atoms with Crippen molar-refractivity contribution in [1.29, 1.82) is 0 Å². The van der Waals surface area contributed by atoms with E-state index in [1.54, 1.807) is 84.9 Å². The standard InChI is InChI=1S/C30H24O6/c1-21-13-17-25(18-14-21)33-29(23-9-5-3-6-10-23)27(31)36-30(28(32)35-29,24-11-7-4-8-12-24)34-26-19-15-22(2)16-20-26/h3-20H,1-2H3/t29-,30-/m1/s1. The van der Waals surface area contributed by atoms with Crippen LogP contribution in [0.1, 0.15) is 22.3 Å². The van der Waals surface area contributed by atoms with Crippen molar-refractivity contribution in [2.24, 2.45) is 0 Å². The zero-order valence-electron chi connectivity index (χ0n) is 19.8. The van der Waals surface area contributed by atoms with Crippen molar-refractivity contribution in [3.8, 4) is 11.5 Å². The smallest absolute Gasteiger partial charge is 0.402 e. The number of aryl methyl sites for hydroxylation is 2. The van der Waals surface area contributed by atoms with E-state index in [1.165, 1.54) is 0 Å². The average molecular weight is 481 g/mol. The van der Waals surface area contributed by atoms with Crippen LogP contribution in [0.3, 0.4) is 0 Å². The molecule has 0 N–H and O–H groups in total. The minimum Gasteiger partial charge on any atom is -0.439 e. The van der Waals surface area contributed by atoms with Gasteiger partial charge in [0.05, 0.1) is 0 Å². The maximum absolute atomic E-state index is 13.9. The minimum absolute atomic E-state index is 0.306. The molecule has 0 saturated carbocycles. The largest absolute Gasteiger partial charge is 0.439 e. The van der Waals surface area contributed by atoms with Crippen molar-refractivity contribution < 1.29 is 28.5 Å². The summed E-state index contributed by atoms with van der Waals surface area (Å²) in [5.41, 5.74) is 2.63. The van der Waals surface area contributed by atoms with Gasteiger partial charge < -0.3 is 18.9 Å². The normalized spacial score (nSPS) is 21.3. The van der Waals surface area contributed by atoms with Gasteiger partial charge in [-0.3, -0.25) is 0 Å². The van der Waals surface area contributed by atoms with Crippen molar-refractivity contribution in [3.63, 3.8) is 0 Å². The maximum atomic E-state index is 13.9. The Kier molecular flexibility index (Phi) is 5.94. The van der Waals surface area contributed by atoms with E-state index in [2.05, 4.69) is 0 Å². The van der Waals surface area contributed by atoms with Crippen molar-refractivity contribution >= 4 is 11.9 Å². The van der Waals surface area contributed by atoms with Crippen molar-refractivity contribution in [1.82, 2.24) is 0 Å². The summed E-state index contributed by atoms with van der Waals surface area (Å²) in [5.74, 6) is -5.51. The summed E-state index contributed by atoms with van der Waals surface area (Å²) < 4.78 is 24.0. The fourth-order valence-electron chi connectivity index (χ4n) is 3.93. The first-order valence-electron chi connectivity index (χ1n) is 11.5. The van der Waals surface area contributed by atoms with Gasteiger partial charge in [-0.05, 0) is 38.1 Å². The Hall–Kier alpha value is -4.58. The highest BCUT2D eigenvalue weighted by molar-refractivity contribution is 5.93. The van der Waals surface area contributed by atoms with E-state index in [1.807, 2.05) is 38.1 Å². The third-order valence-electron chi connectivity index (χ3n) is 5.88. The Morgan fingerprint density at radius 1 is 0.500 bits per heavy atom. The van der Waals surface area contributed by atoms with Gasteiger partial charge in [-0.15, -0.1) is 0 Å². The Labute approximate surface area is 209 Å². The first kappa shape index (κ1) is 23.2. The van der Waals surface area contributed by atoms with Crippen LogP contribution in [0.5, 0.6) is 11.5 Å². The first-order chi connectivity index (χ1) is 17.4. The van der Waals surface area contributed by atoms with Crippen LogP contribution in [0.25, 0.3) is 0 Å². The summed E-state index contributed by atoms with van der Waals surface area (Å²) in [6.07, 6.45) is 0. The van der Waals surface area contributed by atoms with E-state index >= 15 is 0 Å². The number of carbonyl (C=O) groups excluding carboxylic acids is 2. The van der Waals surface area contributed by atoms with E-state index in [0.717, 1.165) is 11.1 Å². The summed E-state index contributed by atoms with van der Waals surface area (Å²) in [5, 5.41) is 0. The molecule has 1 aliphatic rings. The number of esters is 2. The third-order valence-corrected chi connectivity index (χ3v) is 5.88. The highest BCUT2D eigenvalue weighted by atomic mass is 16.8. The molecule has 0 bridgehead atoms. The summed E-state index contributed by atoms with van der Waals surface area (Å²) in [4.78, 5) is 27.7. The summed E-state index contributed by atoms with van der Waals surface area (Å²) >= 11 is 0. The van der Waals surface area contributed by atoms with Gasteiger partial charge in [-0.2, -0.15) is 0 Å². The van der Waals surface area contributed by atoms with Crippen molar-refractivity contribution in [2.75, 3.05) is 0 Å². The number of hydrogen-bond donors (Lipinski definition) is 0. The number of benzene rings is 4. The molecule has 1 heterocycles. The molecule has 6 heteroatoms. The van der Waals surface area contributed by atoms with Crippen LogP contribution >= 0.6 is 0 Å². The molecule has 4 aromatic rings. The SMILES string of the molecule is Cc1ccc(O[C@]2(c3ccccc3)OC(=O)[C@@](Oc3ccc(C)cc3)(c3ccccc3)OC2=O)cc1. The Balaban J connectivity index is 1.60. The van der Waals surface area contributed by atoms with Gasteiger partial charge >= 0.3 is 23.5 Å². The molecule has 180 valence electrons. The molecule has 0 aromatic heterocycles. The predicted molar refractivity (Wildman–Crippen MR) is 132 cm³/mol. The second kappa shape index (κ2) is 9.23. The zero-order valence-corrected chi connectivity index (χ0v) is 19.8. The van der Waals surface area contributed by atoms with Gasteiger partial charge in [0.1, 0.15) is 11.5 Å². The van der Waals surface area contributed by atoms with Crippen LogP contribution in [-0.4, -0.2) is 11.9 Å². The molecule has 4 aromatic carbocycles. The molecule has 2 atom stereocenters. The Morgan fingerprint density at radius 3 is 1.17 bits per heavy atom. The number of rotatable bonds is 6. The summed E-state index contributed by atoms with van der Waals surface area (Å²) in [6, 6.07) is 31.1. The molecule has 0 unspecified atom stereocenters. The van der Waals surface area contributed by atoms with Gasteiger partial charge in [-0.25, -0.2) is 9.59 Å².